The number of rotatable bonds is 6. The molecule has 6 nitrogen and oxygen atoms in total. The monoisotopic (exact) mass is 279 g/mol. The van der Waals surface area contributed by atoms with E-state index in [2.05, 4.69) is 4.72 Å². The van der Waals surface area contributed by atoms with Crippen molar-refractivity contribution < 1.29 is 23.1 Å². The molecule has 0 bridgehead atoms. The zero-order valence-electron chi connectivity index (χ0n) is 10.8. The summed E-state index contributed by atoms with van der Waals surface area (Å²) in [6.45, 7) is 4.38. The Hall–Kier alpha value is -0.660. The molecule has 0 aliphatic carbocycles. The molecule has 0 aromatic heterocycles. The lowest BCUT2D eigenvalue weighted by atomic mass is 9.92. The normalized spacial score (nSPS) is 19.9. The zero-order valence-corrected chi connectivity index (χ0v) is 11.6. The number of carboxylic acid groups (broad SMARTS) is 1. The van der Waals surface area contributed by atoms with Crippen LogP contribution < -0.4 is 4.72 Å². The summed E-state index contributed by atoms with van der Waals surface area (Å²) in [5.41, 5.74) is -1.39. The highest BCUT2D eigenvalue weighted by Crippen LogP contribution is 2.22. The lowest BCUT2D eigenvalue weighted by Gasteiger charge is -2.33. The van der Waals surface area contributed by atoms with E-state index < -0.39 is 21.5 Å². The summed E-state index contributed by atoms with van der Waals surface area (Å²) in [6, 6.07) is 0. The van der Waals surface area contributed by atoms with Gasteiger partial charge < -0.3 is 9.84 Å². The third-order valence-electron chi connectivity index (χ3n) is 3.07. The first-order chi connectivity index (χ1) is 8.27. The number of nitrogens with one attached hydrogen (secondary N) is 1. The summed E-state index contributed by atoms with van der Waals surface area (Å²) in [6.07, 6.45) is 0.855. The first kappa shape index (κ1) is 15.4. The Morgan fingerprint density at radius 3 is 2.39 bits per heavy atom. The van der Waals surface area contributed by atoms with Crippen molar-refractivity contribution >= 4 is 16.0 Å². The predicted molar refractivity (Wildman–Crippen MR) is 66.8 cm³/mol. The number of hydrogen-bond donors (Lipinski definition) is 2. The van der Waals surface area contributed by atoms with Crippen LogP contribution in [0.4, 0.5) is 0 Å². The van der Waals surface area contributed by atoms with Gasteiger partial charge in [-0.3, -0.25) is 4.79 Å². The lowest BCUT2D eigenvalue weighted by Crippen LogP contribution is -2.57. The number of hydrogen-bond acceptors (Lipinski definition) is 4. The van der Waals surface area contributed by atoms with Gasteiger partial charge in [-0.1, -0.05) is 13.8 Å². The summed E-state index contributed by atoms with van der Waals surface area (Å²) in [5, 5.41) is 9.25. The van der Waals surface area contributed by atoms with Gasteiger partial charge in [-0.15, -0.1) is 0 Å². The fraction of sp³-hybridized carbons (Fsp3) is 0.909. The van der Waals surface area contributed by atoms with E-state index in [4.69, 9.17) is 4.74 Å². The Balaban J connectivity index is 2.74. The van der Waals surface area contributed by atoms with Crippen molar-refractivity contribution in [3.8, 4) is 0 Å². The number of sulfonamides is 1. The van der Waals surface area contributed by atoms with Crippen LogP contribution >= 0.6 is 0 Å². The largest absolute Gasteiger partial charge is 0.480 e. The molecular formula is C11H21NO5S. The van der Waals surface area contributed by atoms with Crippen LogP contribution in [-0.4, -0.2) is 44.0 Å². The summed E-state index contributed by atoms with van der Waals surface area (Å²) in [5.74, 6) is -0.906. The molecule has 0 saturated carbocycles. The quantitative estimate of drug-likeness (QED) is 0.742. The molecule has 0 spiro atoms. The number of carbonyl (C=O) groups is 1. The molecule has 1 aliphatic heterocycles. The van der Waals surface area contributed by atoms with Gasteiger partial charge in [0, 0.05) is 26.1 Å². The fourth-order valence-corrected chi connectivity index (χ4v) is 3.59. The minimum Gasteiger partial charge on any atom is -0.480 e. The fourth-order valence-electron chi connectivity index (χ4n) is 1.82. The van der Waals surface area contributed by atoms with Gasteiger partial charge in [0.25, 0.3) is 0 Å². The smallest absolute Gasteiger partial charge is 0.325 e. The van der Waals surface area contributed by atoms with Gasteiger partial charge in [0.15, 0.2) is 0 Å². The highest BCUT2D eigenvalue weighted by atomic mass is 32.2. The third kappa shape index (κ3) is 4.22. The maximum Gasteiger partial charge on any atom is 0.325 e. The predicted octanol–water partition coefficient (Wildman–Crippen LogP) is 0.586. The summed E-state index contributed by atoms with van der Waals surface area (Å²) in [7, 11) is -3.57. The molecule has 0 amide bonds. The van der Waals surface area contributed by atoms with Crippen LogP contribution in [0.5, 0.6) is 0 Å². The Morgan fingerprint density at radius 2 is 1.94 bits per heavy atom. The molecule has 18 heavy (non-hydrogen) atoms. The average molecular weight is 279 g/mol. The van der Waals surface area contributed by atoms with Crippen molar-refractivity contribution in [2.75, 3.05) is 19.0 Å². The van der Waals surface area contributed by atoms with Crippen LogP contribution in [0, 0.1) is 5.92 Å². The molecule has 1 aliphatic rings. The molecular weight excluding hydrogens is 258 g/mol. The number of carboxylic acids is 1. The molecule has 1 rings (SSSR count). The van der Waals surface area contributed by atoms with E-state index >= 15 is 0 Å². The SMILES string of the molecule is CC(C)CCS(=O)(=O)NC1(C(=O)O)CCOCC1. The van der Waals surface area contributed by atoms with Crippen LogP contribution in [0.2, 0.25) is 0 Å². The van der Waals surface area contributed by atoms with Crippen molar-refractivity contribution in [3.05, 3.63) is 0 Å². The molecule has 1 saturated heterocycles. The molecule has 106 valence electrons. The summed E-state index contributed by atoms with van der Waals surface area (Å²) < 4.78 is 31.2. The zero-order chi connectivity index (χ0) is 13.8. The Bertz CT molecular complexity index is 384. The van der Waals surface area contributed by atoms with Gasteiger partial charge in [-0.2, -0.15) is 4.72 Å². The molecule has 0 atom stereocenters. The van der Waals surface area contributed by atoms with Gasteiger partial charge in [-0.05, 0) is 12.3 Å². The van der Waals surface area contributed by atoms with Crippen molar-refractivity contribution in [1.82, 2.24) is 4.72 Å². The minimum absolute atomic E-state index is 0.0411. The number of aliphatic carboxylic acids is 1. The third-order valence-corrected chi connectivity index (χ3v) is 4.55. The van der Waals surface area contributed by atoms with Crippen molar-refractivity contribution in [2.24, 2.45) is 5.92 Å². The van der Waals surface area contributed by atoms with Gasteiger partial charge >= 0.3 is 5.97 Å². The van der Waals surface area contributed by atoms with E-state index in [1.54, 1.807) is 0 Å². The van der Waals surface area contributed by atoms with Crippen LogP contribution in [0.15, 0.2) is 0 Å². The lowest BCUT2D eigenvalue weighted by molar-refractivity contribution is -0.147. The van der Waals surface area contributed by atoms with Gasteiger partial charge in [-0.25, -0.2) is 8.42 Å². The minimum atomic E-state index is -3.57. The van der Waals surface area contributed by atoms with Crippen molar-refractivity contribution in [2.45, 2.75) is 38.6 Å². The second kappa shape index (κ2) is 5.99. The molecule has 1 fully saturated rings. The van der Waals surface area contributed by atoms with Gasteiger partial charge in [0.05, 0.1) is 5.75 Å². The molecule has 0 aromatic rings. The summed E-state index contributed by atoms with van der Waals surface area (Å²) in [4.78, 5) is 11.3. The standard InChI is InChI=1S/C11H21NO5S/c1-9(2)3-8-18(15,16)12-11(10(13)14)4-6-17-7-5-11/h9,12H,3-8H2,1-2H3,(H,13,14). The van der Waals surface area contributed by atoms with Crippen molar-refractivity contribution in [1.29, 1.82) is 0 Å². The van der Waals surface area contributed by atoms with E-state index in [1.165, 1.54) is 0 Å². The molecule has 0 unspecified atom stereocenters. The topological polar surface area (TPSA) is 92.7 Å². The second-order valence-electron chi connectivity index (χ2n) is 5.10. The average Bonchev–Trinajstić information content (AvgIpc) is 2.27. The van der Waals surface area contributed by atoms with E-state index in [-0.39, 0.29) is 37.7 Å². The van der Waals surface area contributed by atoms with E-state index in [0.29, 0.717) is 6.42 Å². The second-order valence-corrected chi connectivity index (χ2v) is 6.94. The molecule has 2 N–H and O–H groups in total. The van der Waals surface area contributed by atoms with E-state index in [0.717, 1.165) is 0 Å². The van der Waals surface area contributed by atoms with E-state index in [1.807, 2.05) is 13.8 Å². The highest BCUT2D eigenvalue weighted by molar-refractivity contribution is 7.89. The highest BCUT2D eigenvalue weighted by Gasteiger charge is 2.43. The van der Waals surface area contributed by atoms with Crippen LogP contribution in [0.1, 0.15) is 33.1 Å². The first-order valence-corrected chi connectivity index (χ1v) is 7.75. The van der Waals surface area contributed by atoms with Crippen LogP contribution in [0.25, 0.3) is 0 Å². The molecule has 7 heteroatoms. The Kier molecular flexibility index (Phi) is 5.12. The number of ether oxygens (including phenoxy) is 1. The molecule has 0 aromatic carbocycles. The maximum atomic E-state index is 11.9. The Labute approximate surface area is 108 Å². The van der Waals surface area contributed by atoms with Crippen LogP contribution in [-0.2, 0) is 19.6 Å². The maximum absolute atomic E-state index is 11.9. The first-order valence-electron chi connectivity index (χ1n) is 6.10. The van der Waals surface area contributed by atoms with Crippen LogP contribution in [0.3, 0.4) is 0 Å². The summed E-state index contributed by atoms with van der Waals surface area (Å²) >= 11 is 0. The van der Waals surface area contributed by atoms with Crippen molar-refractivity contribution in [3.63, 3.8) is 0 Å². The van der Waals surface area contributed by atoms with E-state index in [9.17, 15) is 18.3 Å². The molecule has 0 radical (unpaired) electrons. The molecule has 1 heterocycles. The van der Waals surface area contributed by atoms with Gasteiger partial charge in [0.2, 0.25) is 10.0 Å². The van der Waals surface area contributed by atoms with Gasteiger partial charge in [0.1, 0.15) is 5.54 Å². The Morgan fingerprint density at radius 1 is 1.39 bits per heavy atom.